The lowest BCUT2D eigenvalue weighted by molar-refractivity contribution is 0.143. The van der Waals surface area contributed by atoms with E-state index in [1.165, 1.54) is 38.6 Å². The van der Waals surface area contributed by atoms with Crippen LogP contribution in [0.3, 0.4) is 0 Å². The molecule has 1 saturated heterocycles. The highest BCUT2D eigenvalue weighted by atomic mass is 15.1. The standard InChI is InChI=1S/C16H34N2/c1-7-8-9-13(2)12-17-14-10-15(3,4)18-16(5,6)11-14/h13-14,17-18H,7-12H2,1-6H3. The number of rotatable bonds is 6. The van der Waals surface area contributed by atoms with Crippen LogP contribution < -0.4 is 10.6 Å². The average molecular weight is 254 g/mol. The molecular formula is C16H34N2. The van der Waals surface area contributed by atoms with E-state index in [0.717, 1.165) is 5.92 Å². The summed E-state index contributed by atoms with van der Waals surface area (Å²) in [5.74, 6) is 0.811. The van der Waals surface area contributed by atoms with E-state index in [9.17, 15) is 0 Å². The van der Waals surface area contributed by atoms with Gasteiger partial charge in [0, 0.05) is 17.1 Å². The molecule has 1 unspecified atom stereocenters. The van der Waals surface area contributed by atoms with Gasteiger partial charge in [-0.05, 0) is 59.4 Å². The maximum Gasteiger partial charge on any atom is 0.0144 e. The summed E-state index contributed by atoms with van der Waals surface area (Å²) in [6.07, 6.45) is 6.51. The summed E-state index contributed by atoms with van der Waals surface area (Å²) in [5.41, 5.74) is 0.512. The van der Waals surface area contributed by atoms with Crippen molar-refractivity contribution in [2.75, 3.05) is 6.54 Å². The third-order valence-corrected chi connectivity index (χ3v) is 4.00. The summed E-state index contributed by atoms with van der Waals surface area (Å²) >= 11 is 0. The maximum atomic E-state index is 3.80. The Morgan fingerprint density at radius 3 is 2.22 bits per heavy atom. The molecule has 2 heteroatoms. The highest BCUT2D eigenvalue weighted by Crippen LogP contribution is 2.28. The minimum Gasteiger partial charge on any atom is -0.314 e. The Morgan fingerprint density at radius 2 is 1.72 bits per heavy atom. The molecule has 0 amide bonds. The fourth-order valence-corrected chi connectivity index (χ4v) is 3.49. The molecule has 0 aliphatic carbocycles. The lowest BCUT2D eigenvalue weighted by atomic mass is 9.79. The molecule has 1 fully saturated rings. The maximum absolute atomic E-state index is 3.80. The Labute approximate surface area is 114 Å². The van der Waals surface area contributed by atoms with Crippen LogP contribution in [-0.2, 0) is 0 Å². The third-order valence-electron chi connectivity index (χ3n) is 4.00. The summed E-state index contributed by atoms with van der Waals surface area (Å²) in [4.78, 5) is 0. The smallest absolute Gasteiger partial charge is 0.0144 e. The molecule has 1 heterocycles. The second-order valence-electron chi connectivity index (χ2n) is 7.65. The summed E-state index contributed by atoms with van der Waals surface area (Å²) in [6, 6.07) is 0.667. The molecule has 18 heavy (non-hydrogen) atoms. The normalized spacial score (nSPS) is 25.0. The van der Waals surface area contributed by atoms with Gasteiger partial charge in [0.1, 0.15) is 0 Å². The largest absolute Gasteiger partial charge is 0.314 e. The summed E-state index contributed by atoms with van der Waals surface area (Å²) in [7, 11) is 0. The SMILES string of the molecule is CCCCC(C)CNC1CC(C)(C)NC(C)(C)C1. The highest BCUT2D eigenvalue weighted by molar-refractivity contribution is 4.99. The molecule has 0 bridgehead atoms. The van der Waals surface area contributed by atoms with Crippen LogP contribution in [-0.4, -0.2) is 23.7 Å². The molecule has 0 aromatic heterocycles. The number of piperidine rings is 1. The summed E-state index contributed by atoms with van der Waals surface area (Å²) < 4.78 is 0. The van der Waals surface area contributed by atoms with Gasteiger partial charge in [0.2, 0.25) is 0 Å². The topological polar surface area (TPSA) is 24.1 Å². The van der Waals surface area contributed by atoms with Gasteiger partial charge >= 0.3 is 0 Å². The first-order chi connectivity index (χ1) is 8.24. The Balaban J connectivity index is 2.37. The molecule has 0 aromatic rings. The van der Waals surface area contributed by atoms with E-state index in [0.29, 0.717) is 6.04 Å². The predicted molar refractivity (Wildman–Crippen MR) is 81.0 cm³/mol. The minimum absolute atomic E-state index is 0.256. The summed E-state index contributed by atoms with van der Waals surface area (Å²) in [6.45, 7) is 15.1. The van der Waals surface area contributed by atoms with Gasteiger partial charge in [0.05, 0.1) is 0 Å². The van der Waals surface area contributed by atoms with E-state index in [2.05, 4.69) is 52.2 Å². The molecular weight excluding hydrogens is 220 g/mol. The van der Waals surface area contributed by atoms with Crippen LogP contribution in [0.1, 0.15) is 73.6 Å². The van der Waals surface area contributed by atoms with Crippen molar-refractivity contribution in [3.8, 4) is 0 Å². The zero-order chi connectivity index (χ0) is 13.8. The number of unbranched alkanes of at least 4 members (excludes halogenated alkanes) is 1. The van der Waals surface area contributed by atoms with Crippen LogP contribution in [0.5, 0.6) is 0 Å². The molecule has 1 rings (SSSR count). The molecule has 108 valence electrons. The molecule has 1 aliphatic heterocycles. The summed E-state index contributed by atoms with van der Waals surface area (Å²) in [5, 5.41) is 7.55. The van der Waals surface area contributed by atoms with Crippen molar-refractivity contribution in [1.29, 1.82) is 0 Å². The van der Waals surface area contributed by atoms with Crippen molar-refractivity contribution in [1.82, 2.24) is 10.6 Å². The van der Waals surface area contributed by atoms with E-state index in [4.69, 9.17) is 0 Å². The van der Waals surface area contributed by atoms with Gasteiger partial charge in [-0.3, -0.25) is 0 Å². The first-order valence-corrected chi connectivity index (χ1v) is 7.77. The van der Waals surface area contributed by atoms with E-state index < -0.39 is 0 Å². The molecule has 0 radical (unpaired) electrons. The zero-order valence-corrected chi connectivity index (χ0v) is 13.4. The van der Waals surface area contributed by atoms with Gasteiger partial charge in [0.15, 0.2) is 0 Å². The van der Waals surface area contributed by atoms with Crippen LogP contribution in [0.25, 0.3) is 0 Å². The van der Waals surface area contributed by atoms with Crippen molar-refractivity contribution in [3.63, 3.8) is 0 Å². The second-order valence-corrected chi connectivity index (χ2v) is 7.65. The van der Waals surface area contributed by atoms with Gasteiger partial charge in [0.25, 0.3) is 0 Å². The van der Waals surface area contributed by atoms with E-state index >= 15 is 0 Å². The van der Waals surface area contributed by atoms with Gasteiger partial charge < -0.3 is 10.6 Å². The predicted octanol–water partition coefficient (Wildman–Crippen LogP) is 3.71. The van der Waals surface area contributed by atoms with Crippen molar-refractivity contribution in [3.05, 3.63) is 0 Å². The van der Waals surface area contributed by atoms with Crippen LogP contribution >= 0.6 is 0 Å². The fourth-order valence-electron chi connectivity index (χ4n) is 3.49. The van der Waals surface area contributed by atoms with Gasteiger partial charge in [-0.2, -0.15) is 0 Å². The van der Waals surface area contributed by atoms with E-state index in [1.807, 2.05) is 0 Å². The van der Waals surface area contributed by atoms with Crippen molar-refractivity contribution >= 4 is 0 Å². The van der Waals surface area contributed by atoms with Crippen LogP contribution in [0.2, 0.25) is 0 Å². The molecule has 0 aromatic carbocycles. The Hall–Kier alpha value is -0.0800. The molecule has 1 aliphatic rings. The molecule has 2 nitrogen and oxygen atoms in total. The Morgan fingerprint density at radius 1 is 1.17 bits per heavy atom. The Bertz CT molecular complexity index is 229. The average Bonchev–Trinajstić information content (AvgIpc) is 2.19. The van der Waals surface area contributed by atoms with Gasteiger partial charge in [-0.15, -0.1) is 0 Å². The first kappa shape index (κ1) is 16.0. The molecule has 0 spiro atoms. The van der Waals surface area contributed by atoms with Gasteiger partial charge in [-0.25, -0.2) is 0 Å². The monoisotopic (exact) mass is 254 g/mol. The van der Waals surface area contributed by atoms with Gasteiger partial charge in [-0.1, -0.05) is 26.7 Å². The lowest BCUT2D eigenvalue weighted by Crippen LogP contribution is -2.61. The number of nitrogens with one attached hydrogen (secondary N) is 2. The van der Waals surface area contributed by atoms with Crippen molar-refractivity contribution < 1.29 is 0 Å². The lowest BCUT2D eigenvalue weighted by Gasteiger charge is -2.47. The van der Waals surface area contributed by atoms with Crippen LogP contribution in [0.15, 0.2) is 0 Å². The Kier molecular flexibility index (Phi) is 5.67. The molecule has 1 atom stereocenters. The minimum atomic E-state index is 0.256. The number of hydrogen-bond acceptors (Lipinski definition) is 2. The van der Waals surface area contributed by atoms with Crippen LogP contribution in [0.4, 0.5) is 0 Å². The third kappa shape index (κ3) is 5.71. The quantitative estimate of drug-likeness (QED) is 0.755. The van der Waals surface area contributed by atoms with Crippen molar-refractivity contribution in [2.24, 2.45) is 5.92 Å². The first-order valence-electron chi connectivity index (χ1n) is 7.77. The fraction of sp³-hybridized carbons (Fsp3) is 1.00. The van der Waals surface area contributed by atoms with E-state index in [-0.39, 0.29) is 11.1 Å². The van der Waals surface area contributed by atoms with Crippen molar-refractivity contribution in [2.45, 2.75) is 90.8 Å². The molecule has 2 N–H and O–H groups in total. The van der Waals surface area contributed by atoms with Crippen LogP contribution in [0, 0.1) is 5.92 Å². The molecule has 0 saturated carbocycles. The second kappa shape index (κ2) is 6.38. The zero-order valence-electron chi connectivity index (χ0n) is 13.4. The highest BCUT2D eigenvalue weighted by Gasteiger charge is 2.37. The number of hydrogen-bond donors (Lipinski definition) is 2. The van der Waals surface area contributed by atoms with E-state index in [1.54, 1.807) is 0 Å².